The van der Waals surface area contributed by atoms with E-state index in [0.29, 0.717) is 35.2 Å². The molecule has 2 aliphatic rings. The van der Waals surface area contributed by atoms with Gasteiger partial charge < -0.3 is 15.1 Å². The van der Waals surface area contributed by atoms with Crippen molar-refractivity contribution in [3.05, 3.63) is 63.6 Å². The predicted molar refractivity (Wildman–Crippen MR) is 121 cm³/mol. The van der Waals surface area contributed by atoms with Gasteiger partial charge in [-0.05, 0) is 42.7 Å². The molecule has 4 rings (SSSR count). The molecule has 31 heavy (non-hydrogen) atoms. The topological polar surface area (TPSA) is 69.7 Å². The summed E-state index contributed by atoms with van der Waals surface area (Å²) in [6.07, 6.45) is 1.73. The molecule has 0 aliphatic carbocycles. The van der Waals surface area contributed by atoms with Crippen molar-refractivity contribution in [1.82, 2.24) is 9.80 Å². The second kappa shape index (κ2) is 9.28. The summed E-state index contributed by atoms with van der Waals surface area (Å²) in [6, 6.07) is 12.5. The molecule has 8 heteroatoms. The van der Waals surface area contributed by atoms with Gasteiger partial charge in [0.25, 0.3) is 0 Å². The lowest BCUT2D eigenvalue weighted by molar-refractivity contribution is -0.132. The van der Waals surface area contributed by atoms with Gasteiger partial charge in [-0.3, -0.25) is 9.59 Å². The number of hydrogen-bond acceptors (Lipinski definition) is 3. The third-order valence-electron chi connectivity index (χ3n) is 5.93. The Bertz CT molecular complexity index is 1020. The van der Waals surface area contributed by atoms with Crippen molar-refractivity contribution in [2.45, 2.75) is 38.3 Å². The minimum absolute atomic E-state index is 0.0414. The zero-order chi connectivity index (χ0) is 22.0. The molecule has 2 aromatic rings. The fourth-order valence-electron chi connectivity index (χ4n) is 4.14. The van der Waals surface area contributed by atoms with Crippen molar-refractivity contribution < 1.29 is 14.4 Å². The third-order valence-corrected chi connectivity index (χ3v) is 6.67. The first-order valence-electron chi connectivity index (χ1n) is 10.3. The summed E-state index contributed by atoms with van der Waals surface area (Å²) in [5.41, 5.74) is 2.42. The number of para-hydroxylation sites is 1. The molecule has 0 radical (unpaired) electrons. The fourth-order valence-corrected chi connectivity index (χ4v) is 4.43. The number of ketones is 1. The van der Waals surface area contributed by atoms with Crippen LogP contribution in [0.3, 0.4) is 0 Å². The molecule has 6 nitrogen and oxygen atoms in total. The predicted octanol–water partition coefficient (Wildman–Crippen LogP) is 5.00. The number of rotatable bonds is 5. The summed E-state index contributed by atoms with van der Waals surface area (Å²) in [5.74, 6) is -0.175. The molecular formula is C23H23Cl2N3O3. The molecule has 1 N–H and O–H groups in total. The highest BCUT2D eigenvalue weighted by molar-refractivity contribution is 6.42. The Kier molecular flexibility index (Phi) is 6.49. The van der Waals surface area contributed by atoms with Crippen molar-refractivity contribution in [2.24, 2.45) is 0 Å². The normalized spacial score (nSPS) is 16.6. The lowest BCUT2D eigenvalue weighted by atomic mass is 10.00. The number of Topliss-reactive ketones (excluding diaryl/α,β-unsaturated/α-hetero) is 1. The second-order valence-electron chi connectivity index (χ2n) is 7.88. The average molecular weight is 460 g/mol. The van der Waals surface area contributed by atoms with Crippen LogP contribution in [0.25, 0.3) is 0 Å². The highest BCUT2D eigenvalue weighted by Gasteiger charge is 2.32. The number of halogens is 2. The van der Waals surface area contributed by atoms with Crippen LogP contribution in [0.15, 0.2) is 42.5 Å². The van der Waals surface area contributed by atoms with Crippen molar-refractivity contribution in [2.75, 3.05) is 18.4 Å². The number of urea groups is 1. The Labute approximate surface area is 191 Å². The molecule has 162 valence electrons. The maximum Gasteiger partial charge on any atom is 0.322 e. The molecule has 0 aromatic heterocycles. The molecule has 2 aliphatic heterocycles. The molecule has 0 atom stereocenters. The number of nitrogens with one attached hydrogen (secondary N) is 1. The van der Waals surface area contributed by atoms with Gasteiger partial charge in [-0.2, -0.15) is 0 Å². The first-order valence-corrected chi connectivity index (χ1v) is 11.1. The van der Waals surface area contributed by atoms with E-state index < -0.39 is 0 Å². The van der Waals surface area contributed by atoms with E-state index in [0.717, 1.165) is 24.1 Å². The molecule has 0 unspecified atom stereocenters. The Hall–Kier alpha value is -2.57. The standard InChI is InChI=1S/C23H23Cl2N3O3/c24-18-6-5-15(13-19(18)25)21(29)7-8-22(30)27-11-9-17(10-12-27)28-14-16-3-1-2-4-20(16)26-23(28)31/h1-6,13,17H,7-12,14H2,(H,26,31). The molecule has 0 spiro atoms. The molecular weight excluding hydrogens is 437 g/mol. The zero-order valence-corrected chi connectivity index (χ0v) is 18.5. The molecule has 3 amide bonds. The minimum atomic E-state index is -0.134. The lowest BCUT2D eigenvalue weighted by Crippen LogP contribution is -2.51. The van der Waals surface area contributed by atoms with E-state index in [9.17, 15) is 14.4 Å². The van der Waals surface area contributed by atoms with Crippen LogP contribution in [0.2, 0.25) is 10.0 Å². The summed E-state index contributed by atoms with van der Waals surface area (Å²) in [6.45, 7) is 1.74. The summed E-state index contributed by atoms with van der Waals surface area (Å²) in [7, 11) is 0. The van der Waals surface area contributed by atoms with E-state index in [1.165, 1.54) is 6.07 Å². The summed E-state index contributed by atoms with van der Waals surface area (Å²) in [4.78, 5) is 41.1. The van der Waals surface area contributed by atoms with Gasteiger partial charge in [0.05, 0.1) is 10.0 Å². The van der Waals surface area contributed by atoms with Crippen LogP contribution in [0.1, 0.15) is 41.6 Å². The van der Waals surface area contributed by atoms with Crippen LogP contribution >= 0.6 is 23.2 Å². The molecule has 0 bridgehead atoms. The van der Waals surface area contributed by atoms with Crippen LogP contribution in [0.4, 0.5) is 10.5 Å². The number of fused-ring (bicyclic) bond motifs is 1. The largest absolute Gasteiger partial charge is 0.343 e. The number of anilines is 1. The Balaban J connectivity index is 1.27. The minimum Gasteiger partial charge on any atom is -0.343 e. The van der Waals surface area contributed by atoms with Crippen molar-refractivity contribution in [3.63, 3.8) is 0 Å². The summed E-state index contributed by atoms with van der Waals surface area (Å²) in [5, 5.41) is 3.66. The number of carbonyl (C=O) groups excluding carboxylic acids is 3. The molecule has 2 aromatic carbocycles. The third kappa shape index (κ3) is 4.86. The van der Waals surface area contributed by atoms with Crippen LogP contribution in [-0.2, 0) is 11.3 Å². The van der Waals surface area contributed by atoms with Crippen molar-refractivity contribution >= 4 is 46.6 Å². The van der Waals surface area contributed by atoms with Crippen molar-refractivity contribution in [3.8, 4) is 0 Å². The number of carbonyl (C=O) groups is 3. The molecule has 2 heterocycles. The Morgan fingerprint density at radius 3 is 2.48 bits per heavy atom. The van der Waals surface area contributed by atoms with Gasteiger partial charge in [0.15, 0.2) is 5.78 Å². The highest BCUT2D eigenvalue weighted by atomic mass is 35.5. The maximum atomic E-state index is 12.6. The number of piperidine rings is 1. The van der Waals surface area contributed by atoms with E-state index in [1.54, 1.807) is 17.0 Å². The Morgan fingerprint density at radius 2 is 1.74 bits per heavy atom. The maximum absolute atomic E-state index is 12.6. The van der Waals surface area contributed by atoms with Crippen molar-refractivity contribution in [1.29, 1.82) is 0 Å². The quantitative estimate of drug-likeness (QED) is 0.639. The number of nitrogens with zero attached hydrogens (tertiary/aromatic N) is 2. The van der Waals surface area contributed by atoms with Gasteiger partial charge in [-0.15, -0.1) is 0 Å². The van der Waals surface area contributed by atoms with Crippen LogP contribution in [0, 0.1) is 0 Å². The fraction of sp³-hybridized carbons (Fsp3) is 0.348. The molecule has 0 saturated carbocycles. The molecule has 1 saturated heterocycles. The first kappa shape index (κ1) is 21.7. The lowest BCUT2D eigenvalue weighted by Gasteiger charge is -2.40. The van der Waals surface area contributed by atoms with E-state index >= 15 is 0 Å². The van der Waals surface area contributed by atoms with Crippen LogP contribution < -0.4 is 5.32 Å². The number of benzene rings is 2. The number of hydrogen-bond donors (Lipinski definition) is 1. The number of likely N-dealkylation sites (tertiary alicyclic amines) is 1. The van der Waals surface area contributed by atoms with Crippen LogP contribution in [-0.4, -0.2) is 46.7 Å². The van der Waals surface area contributed by atoms with E-state index in [-0.39, 0.29) is 36.6 Å². The van der Waals surface area contributed by atoms with Gasteiger partial charge in [0.2, 0.25) is 5.91 Å². The highest BCUT2D eigenvalue weighted by Crippen LogP contribution is 2.28. The SMILES string of the molecule is O=C(CCC(=O)N1CCC(N2Cc3ccccc3NC2=O)CC1)c1ccc(Cl)c(Cl)c1. The van der Waals surface area contributed by atoms with E-state index in [2.05, 4.69) is 5.32 Å². The smallest absolute Gasteiger partial charge is 0.322 e. The zero-order valence-electron chi connectivity index (χ0n) is 16.9. The van der Waals surface area contributed by atoms with Crippen LogP contribution in [0.5, 0.6) is 0 Å². The second-order valence-corrected chi connectivity index (χ2v) is 8.69. The monoisotopic (exact) mass is 459 g/mol. The van der Waals surface area contributed by atoms with Gasteiger partial charge in [-0.1, -0.05) is 41.4 Å². The summed E-state index contributed by atoms with van der Waals surface area (Å²) < 4.78 is 0. The Morgan fingerprint density at radius 1 is 1.00 bits per heavy atom. The van der Waals surface area contributed by atoms with E-state index in [4.69, 9.17) is 23.2 Å². The van der Waals surface area contributed by atoms with Gasteiger partial charge in [0, 0.05) is 49.8 Å². The number of amides is 3. The van der Waals surface area contributed by atoms with E-state index in [1.807, 2.05) is 29.2 Å². The van der Waals surface area contributed by atoms with Gasteiger partial charge in [-0.25, -0.2) is 4.79 Å². The molecule has 1 fully saturated rings. The summed E-state index contributed by atoms with van der Waals surface area (Å²) >= 11 is 11.9. The van der Waals surface area contributed by atoms with Gasteiger partial charge in [0.1, 0.15) is 0 Å². The average Bonchev–Trinajstić information content (AvgIpc) is 2.78. The van der Waals surface area contributed by atoms with Gasteiger partial charge >= 0.3 is 6.03 Å². The first-order chi connectivity index (χ1) is 14.9.